The van der Waals surface area contributed by atoms with Crippen LogP contribution in [0, 0.1) is 0 Å². The average molecular weight is 279 g/mol. The Hall–Kier alpha value is -1.39. The maximum atomic E-state index is 12.1. The Labute approximate surface area is 116 Å². The van der Waals surface area contributed by atoms with E-state index in [0.29, 0.717) is 22.9 Å². The molecule has 3 rings (SSSR count). The van der Waals surface area contributed by atoms with Gasteiger partial charge in [-0.15, -0.1) is 0 Å². The van der Waals surface area contributed by atoms with Crippen LogP contribution in [0.1, 0.15) is 29.6 Å². The maximum absolute atomic E-state index is 12.1. The normalized spacial score (nSPS) is 19.9. The molecule has 100 valence electrons. The zero-order valence-electron chi connectivity index (χ0n) is 10.6. The van der Waals surface area contributed by atoms with Crippen molar-refractivity contribution in [2.24, 2.45) is 0 Å². The molecule has 1 fully saturated rings. The van der Waals surface area contributed by atoms with Gasteiger partial charge in [-0.3, -0.25) is 19.4 Å². The number of halogens is 1. The van der Waals surface area contributed by atoms with E-state index in [9.17, 15) is 9.59 Å². The average Bonchev–Trinajstić information content (AvgIpc) is 2.66. The highest BCUT2D eigenvalue weighted by Gasteiger charge is 2.38. The van der Waals surface area contributed by atoms with Crippen LogP contribution >= 0.6 is 11.6 Å². The van der Waals surface area contributed by atoms with Crippen LogP contribution in [0.4, 0.5) is 5.69 Å². The molecule has 2 aliphatic heterocycles. The number of piperidine rings is 1. The van der Waals surface area contributed by atoms with E-state index in [1.165, 1.54) is 6.42 Å². The van der Waals surface area contributed by atoms with Crippen LogP contribution in [-0.4, -0.2) is 36.3 Å². The van der Waals surface area contributed by atoms with E-state index in [1.807, 2.05) is 0 Å². The third-order valence-corrected chi connectivity index (χ3v) is 4.05. The first kappa shape index (κ1) is 12.6. The number of amides is 1. The fraction of sp³-hybridized carbons (Fsp3) is 0.429. The molecule has 0 N–H and O–H groups in total. The molecule has 0 atom stereocenters. The Morgan fingerprint density at radius 2 is 1.84 bits per heavy atom. The molecule has 1 aromatic carbocycles. The highest BCUT2D eigenvalue weighted by atomic mass is 35.5. The number of hydrogen-bond donors (Lipinski definition) is 0. The molecule has 4 nitrogen and oxygen atoms in total. The van der Waals surface area contributed by atoms with Gasteiger partial charge >= 0.3 is 5.91 Å². The maximum Gasteiger partial charge on any atom is 0.300 e. The van der Waals surface area contributed by atoms with Crippen molar-refractivity contribution in [2.75, 3.05) is 24.7 Å². The highest BCUT2D eigenvalue weighted by molar-refractivity contribution is 6.55. The molecule has 0 bridgehead atoms. The molecule has 0 radical (unpaired) electrons. The number of anilines is 1. The summed E-state index contributed by atoms with van der Waals surface area (Å²) in [6.07, 6.45) is 3.54. The molecule has 2 aliphatic rings. The Kier molecular flexibility index (Phi) is 3.29. The molecule has 2 heterocycles. The lowest BCUT2D eigenvalue weighted by Crippen LogP contribution is -2.43. The number of likely N-dealkylation sites (tertiary alicyclic amines) is 1. The van der Waals surface area contributed by atoms with Crippen molar-refractivity contribution in [2.45, 2.75) is 19.3 Å². The zero-order chi connectivity index (χ0) is 13.4. The third-order valence-electron chi connectivity index (χ3n) is 3.74. The van der Waals surface area contributed by atoms with E-state index in [1.54, 1.807) is 23.1 Å². The van der Waals surface area contributed by atoms with Crippen LogP contribution in [0.25, 0.3) is 0 Å². The molecular formula is C14H15ClN2O2. The van der Waals surface area contributed by atoms with Crippen molar-refractivity contribution in [3.63, 3.8) is 0 Å². The lowest BCUT2D eigenvalue weighted by atomic mass is 10.1. The number of rotatable bonds is 2. The first-order valence-corrected chi connectivity index (χ1v) is 6.93. The van der Waals surface area contributed by atoms with Crippen molar-refractivity contribution >= 4 is 29.0 Å². The van der Waals surface area contributed by atoms with Gasteiger partial charge in [0.25, 0.3) is 5.78 Å². The third kappa shape index (κ3) is 2.15. The largest absolute Gasteiger partial charge is 0.300 e. The van der Waals surface area contributed by atoms with E-state index < -0.39 is 11.7 Å². The molecular weight excluding hydrogens is 264 g/mol. The fourth-order valence-corrected chi connectivity index (χ4v) is 3.00. The van der Waals surface area contributed by atoms with Crippen LogP contribution in [-0.2, 0) is 4.79 Å². The van der Waals surface area contributed by atoms with Gasteiger partial charge in [0.1, 0.15) is 0 Å². The second-order valence-electron chi connectivity index (χ2n) is 5.02. The Morgan fingerprint density at radius 3 is 2.58 bits per heavy atom. The number of hydrogen-bond acceptors (Lipinski definition) is 3. The van der Waals surface area contributed by atoms with Crippen LogP contribution in [0.2, 0.25) is 5.02 Å². The molecule has 19 heavy (non-hydrogen) atoms. The Morgan fingerprint density at radius 1 is 1.11 bits per heavy atom. The minimum Gasteiger partial charge on any atom is -0.291 e. The van der Waals surface area contributed by atoms with Gasteiger partial charge in [0.15, 0.2) is 0 Å². The Balaban J connectivity index is 1.88. The summed E-state index contributed by atoms with van der Waals surface area (Å²) in [7, 11) is 0. The fourth-order valence-electron chi connectivity index (χ4n) is 2.74. The Bertz CT molecular complexity index is 538. The van der Waals surface area contributed by atoms with E-state index >= 15 is 0 Å². The van der Waals surface area contributed by atoms with Crippen molar-refractivity contribution in [3.05, 3.63) is 28.8 Å². The predicted octanol–water partition coefficient (Wildman–Crippen LogP) is 2.31. The molecule has 0 aliphatic carbocycles. The lowest BCUT2D eigenvalue weighted by Gasteiger charge is -2.30. The summed E-state index contributed by atoms with van der Waals surface area (Å²) in [5, 5.41) is 0.358. The number of fused-ring (bicyclic) bond motifs is 1. The van der Waals surface area contributed by atoms with Gasteiger partial charge in [0, 0.05) is 0 Å². The molecule has 0 aromatic heterocycles. The molecule has 0 saturated carbocycles. The quantitative estimate of drug-likeness (QED) is 0.780. The van der Waals surface area contributed by atoms with Gasteiger partial charge in [-0.2, -0.15) is 0 Å². The van der Waals surface area contributed by atoms with Gasteiger partial charge in [-0.05, 0) is 38.1 Å². The van der Waals surface area contributed by atoms with E-state index in [4.69, 9.17) is 11.6 Å². The van der Waals surface area contributed by atoms with Crippen LogP contribution in [0.3, 0.4) is 0 Å². The standard InChI is InChI=1S/C14H15ClN2O2/c15-10-5-4-6-11-12(10)13(18)14(19)17(11)9-16-7-2-1-3-8-16/h4-6H,1-3,7-9H2. The number of Topliss-reactive ketones (excluding diaryl/α,β-unsaturated/α-hetero) is 1. The summed E-state index contributed by atoms with van der Waals surface area (Å²) >= 11 is 6.02. The zero-order valence-corrected chi connectivity index (χ0v) is 11.3. The molecule has 1 amide bonds. The van der Waals surface area contributed by atoms with Crippen molar-refractivity contribution in [3.8, 4) is 0 Å². The van der Waals surface area contributed by atoms with Crippen LogP contribution < -0.4 is 4.90 Å². The monoisotopic (exact) mass is 278 g/mol. The number of nitrogens with zero attached hydrogens (tertiary/aromatic N) is 2. The predicted molar refractivity (Wildman–Crippen MR) is 73.6 cm³/mol. The SMILES string of the molecule is O=C1C(=O)N(CN2CCCCC2)c2cccc(Cl)c21. The molecule has 5 heteroatoms. The van der Waals surface area contributed by atoms with E-state index in [-0.39, 0.29) is 0 Å². The highest BCUT2D eigenvalue weighted by Crippen LogP contribution is 2.34. The number of carbonyl (C=O) groups excluding carboxylic acids is 2. The van der Waals surface area contributed by atoms with Gasteiger partial charge in [0.05, 0.1) is 22.9 Å². The second kappa shape index (κ2) is 4.94. The van der Waals surface area contributed by atoms with E-state index in [2.05, 4.69) is 4.90 Å². The van der Waals surface area contributed by atoms with Crippen LogP contribution in [0.5, 0.6) is 0 Å². The van der Waals surface area contributed by atoms with Gasteiger partial charge in [-0.1, -0.05) is 24.1 Å². The van der Waals surface area contributed by atoms with Gasteiger partial charge < -0.3 is 0 Å². The minimum absolute atomic E-state index is 0.353. The van der Waals surface area contributed by atoms with E-state index in [0.717, 1.165) is 25.9 Å². The summed E-state index contributed by atoms with van der Waals surface area (Å²) in [4.78, 5) is 27.8. The summed E-state index contributed by atoms with van der Waals surface area (Å²) in [5.41, 5.74) is 0.999. The molecule has 0 spiro atoms. The topological polar surface area (TPSA) is 40.6 Å². The summed E-state index contributed by atoms with van der Waals surface area (Å²) in [5.74, 6) is -0.953. The number of benzene rings is 1. The number of ketones is 1. The number of carbonyl (C=O) groups is 2. The van der Waals surface area contributed by atoms with Crippen molar-refractivity contribution in [1.29, 1.82) is 0 Å². The summed E-state index contributed by atoms with van der Waals surface area (Å²) in [6.45, 7) is 2.44. The van der Waals surface area contributed by atoms with Gasteiger partial charge in [0.2, 0.25) is 0 Å². The second-order valence-corrected chi connectivity index (χ2v) is 5.42. The summed E-state index contributed by atoms with van der Waals surface area (Å²) < 4.78 is 0. The van der Waals surface area contributed by atoms with Crippen molar-refractivity contribution in [1.82, 2.24) is 4.90 Å². The smallest absolute Gasteiger partial charge is 0.291 e. The van der Waals surface area contributed by atoms with Gasteiger partial charge in [-0.25, -0.2) is 0 Å². The molecule has 0 unspecified atom stereocenters. The first-order valence-electron chi connectivity index (χ1n) is 6.55. The summed E-state index contributed by atoms with van der Waals surface area (Å²) in [6, 6.07) is 5.21. The van der Waals surface area contributed by atoms with Crippen molar-refractivity contribution < 1.29 is 9.59 Å². The molecule has 1 saturated heterocycles. The first-order chi connectivity index (χ1) is 9.18. The van der Waals surface area contributed by atoms with Crippen LogP contribution in [0.15, 0.2) is 18.2 Å². The molecule has 1 aromatic rings. The minimum atomic E-state index is -0.488. The lowest BCUT2D eigenvalue weighted by molar-refractivity contribution is -0.114.